The Bertz CT molecular complexity index is 543. The quantitative estimate of drug-likeness (QED) is 0.805. The van der Waals surface area contributed by atoms with Crippen molar-refractivity contribution in [1.29, 1.82) is 0 Å². The summed E-state index contributed by atoms with van der Waals surface area (Å²) in [6.45, 7) is 6.20. The summed E-state index contributed by atoms with van der Waals surface area (Å²) in [5.74, 6) is 0.453. The summed E-state index contributed by atoms with van der Waals surface area (Å²) < 4.78 is 15.6. The molecule has 0 unspecified atom stereocenters. The minimum Gasteiger partial charge on any atom is -0.308 e. The maximum absolute atomic E-state index is 13.2. The zero-order valence-corrected chi connectivity index (χ0v) is 11.5. The van der Waals surface area contributed by atoms with E-state index in [1.807, 2.05) is 4.57 Å². The predicted molar refractivity (Wildman–Crippen MR) is 68.1 cm³/mol. The molecule has 17 heavy (non-hydrogen) atoms. The molecule has 0 aliphatic carbocycles. The minimum atomic E-state index is -0.282. The van der Waals surface area contributed by atoms with Gasteiger partial charge in [0.15, 0.2) is 5.82 Å². The summed E-state index contributed by atoms with van der Waals surface area (Å²) >= 11 is 3.17. The first-order valence-corrected chi connectivity index (χ1v) is 6.05. The van der Waals surface area contributed by atoms with E-state index in [4.69, 9.17) is 0 Å². The fourth-order valence-corrected chi connectivity index (χ4v) is 1.94. The smallest absolute Gasteiger partial charge is 0.164 e. The second-order valence-corrected chi connectivity index (χ2v) is 5.68. The fourth-order valence-electron chi connectivity index (χ4n) is 1.56. The van der Waals surface area contributed by atoms with Crippen LogP contribution in [0.1, 0.15) is 20.8 Å². The molecule has 1 aromatic carbocycles. The molecule has 2 aromatic rings. The first-order valence-electron chi connectivity index (χ1n) is 5.25. The zero-order valence-electron chi connectivity index (χ0n) is 9.91. The van der Waals surface area contributed by atoms with E-state index >= 15 is 0 Å². The molecule has 0 N–H and O–H groups in total. The van der Waals surface area contributed by atoms with E-state index in [2.05, 4.69) is 46.9 Å². The molecule has 90 valence electrons. The van der Waals surface area contributed by atoms with Crippen LogP contribution in [0.5, 0.6) is 0 Å². The highest BCUT2D eigenvalue weighted by molar-refractivity contribution is 9.10. The monoisotopic (exact) mass is 297 g/mol. The lowest BCUT2D eigenvalue weighted by Gasteiger charge is -2.22. The van der Waals surface area contributed by atoms with Crippen molar-refractivity contribution < 1.29 is 4.39 Å². The van der Waals surface area contributed by atoms with Gasteiger partial charge in [-0.05, 0) is 54.9 Å². The summed E-state index contributed by atoms with van der Waals surface area (Å²) in [6.07, 6.45) is 1.69. The topological polar surface area (TPSA) is 30.7 Å². The van der Waals surface area contributed by atoms with Gasteiger partial charge in [0.1, 0.15) is 12.1 Å². The van der Waals surface area contributed by atoms with Gasteiger partial charge in [0, 0.05) is 11.1 Å². The molecule has 0 fully saturated rings. The molecular weight excluding hydrogens is 285 g/mol. The Kier molecular flexibility index (Phi) is 3.03. The molecule has 1 heterocycles. The van der Waals surface area contributed by atoms with E-state index in [1.54, 1.807) is 18.5 Å². The standard InChI is InChI=1S/C12H13BrFN3/c1-12(2,3)17-7-15-16-11(17)8-4-5-10(14)9(13)6-8/h4-7H,1-3H3. The number of nitrogens with zero attached hydrogens (tertiary/aromatic N) is 3. The largest absolute Gasteiger partial charge is 0.308 e. The van der Waals surface area contributed by atoms with Crippen molar-refractivity contribution in [3.63, 3.8) is 0 Å². The Hall–Kier alpha value is -1.23. The van der Waals surface area contributed by atoms with E-state index in [-0.39, 0.29) is 11.4 Å². The fraction of sp³-hybridized carbons (Fsp3) is 0.333. The van der Waals surface area contributed by atoms with Gasteiger partial charge < -0.3 is 4.57 Å². The lowest BCUT2D eigenvalue weighted by Crippen LogP contribution is -2.21. The number of benzene rings is 1. The summed E-state index contributed by atoms with van der Waals surface area (Å²) in [5.41, 5.74) is 0.727. The van der Waals surface area contributed by atoms with Crippen LogP contribution in [0.15, 0.2) is 29.0 Å². The van der Waals surface area contributed by atoms with E-state index < -0.39 is 0 Å². The van der Waals surface area contributed by atoms with E-state index in [1.165, 1.54) is 6.07 Å². The highest BCUT2D eigenvalue weighted by Crippen LogP contribution is 2.27. The number of halogens is 2. The van der Waals surface area contributed by atoms with Crippen molar-refractivity contribution in [3.8, 4) is 11.4 Å². The van der Waals surface area contributed by atoms with Crippen LogP contribution >= 0.6 is 15.9 Å². The third-order valence-electron chi connectivity index (χ3n) is 2.45. The van der Waals surface area contributed by atoms with Crippen molar-refractivity contribution in [3.05, 3.63) is 34.8 Å². The Morgan fingerprint density at radius 3 is 2.59 bits per heavy atom. The molecule has 0 bridgehead atoms. The Balaban J connectivity index is 2.54. The van der Waals surface area contributed by atoms with Crippen LogP contribution < -0.4 is 0 Å². The van der Waals surface area contributed by atoms with E-state index in [0.29, 0.717) is 4.47 Å². The van der Waals surface area contributed by atoms with Gasteiger partial charge in [0.2, 0.25) is 0 Å². The predicted octanol–water partition coefficient (Wildman–Crippen LogP) is 3.60. The van der Waals surface area contributed by atoms with Crippen LogP contribution in [0.25, 0.3) is 11.4 Å². The molecule has 0 saturated carbocycles. The Morgan fingerprint density at radius 1 is 1.29 bits per heavy atom. The van der Waals surface area contributed by atoms with Crippen molar-refractivity contribution in [2.75, 3.05) is 0 Å². The lowest BCUT2D eigenvalue weighted by molar-refractivity contribution is 0.400. The summed E-state index contributed by atoms with van der Waals surface area (Å²) in [7, 11) is 0. The van der Waals surface area contributed by atoms with Crippen molar-refractivity contribution in [2.45, 2.75) is 26.3 Å². The third kappa shape index (κ3) is 2.39. The maximum Gasteiger partial charge on any atom is 0.164 e. The van der Waals surface area contributed by atoms with Crippen LogP contribution in [0.4, 0.5) is 4.39 Å². The van der Waals surface area contributed by atoms with Crippen LogP contribution in [0, 0.1) is 5.82 Å². The Morgan fingerprint density at radius 2 is 2.00 bits per heavy atom. The van der Waals surface area contributed by atoms with Crippen molar-refractivity contribution in [1.82, 2.24) is 14.8 Å². The first kappa shape index (κ1) is 12.2. The number of hydrogen-bond acceptors (Lipinski definition) is 2. The van der Waals surface area contributed by atoms with E-state index in [9.17, 15) is 4.39 Å². The molecule has 2 rings (SSSR count). The molecule has 0 aliphatic rings. The number of hydrogen-bond donors (Lipinski definition) is 0. The van der Waals surface area contributed by atoms with Gasteiger partial charge >= 0.3 is 0 Å². The molecule has 5 heteroatoms. The lowest BCUT2D eigenvalue weighted by atomic mass is 10.1. The summed E-state index contributed by atoms with van der Waals surface area (Å²) in [6, 6.07) is 4.83. The second-order valence-electron chi connectivity index (χ2n) is 4.82. The van der Waals surface area contributed by atoms with Gasteiger partial charge in [-0.1, -0.05) is 0 Å². The maximum atomic E-state index is 13.2. The van der Waals surface area contributed by atoms with Crippen LogP contribution in [-0.2, 0) is 5.54 Å². The molecular formula is C12H13BrFN3. The molecule has 0 spiro atoms. The van der Waals surface area contributed by atoms with Crippen LogP contribution in [0.3, 0.4) is 0 Å². The first-order chi connectivity index (χ1) is 7.89. The molecule has 0 aliphatic heterocycles. The summed E-state index contributed by atoms with van der Waals surface area (Å²) in [4.78, 5) is 0. The summed E-state index contributed by atoms with van der Waals surface area (Å²) in [5, 5.41) is 8.01. The van der Waals surface area contributed by atoms with Crippen LogP contribution in [-0.4, -0.2) is 14.8 Å². The van der Waals surface area contributed by atoms with Crippen LogP contribution in [0.2, 0.25) is 0 Å². The normalized spacial score (nSPS) is 11.8. The van der Waals surface area contributed by atoms with Crippen molar-refractivity contribution >= 4 is 15.9 Å². The molecule has 3 nitrogen and oxygen atoms in total. The molecule has 0 amide bonds. The van der Waals surface area contributed by atoms with Gasteiger partial charge in [0.25, 0.3) is 0 Å². The molecule has 1 aromatic heterocycles. The highest BCUT2D eigenvalue weighted by Gasteiger charge is 2.19. The highest BCUT2D eigenvalue weighted by atomic mass is 79.9. The number of rotatable bonds is 1. The van der Waals surface area contributed by atoms with Crippen molar-refractivity contribution in [2.24, 2.45) is 0 Å². The Labute approximate surface area is 108 Å². The zero-order chi connectivity index (χ0) is 12.6. The van der Waals surface area contributed by atoms with Gasteiger partial charge in [-0.3, -0.25) is 0 Å². The van der Waals surface area contributed by atoms with Gasteiger partial charge in [-0.15, -0.1) is 10.2 Å². The van der Waals surface area contributed by atoms with Gasteiger partial charge in [-0.2, -0.15) is 0 Å². The van der Waals surface area contributed by atoms with E-state index in [0.717, 1.165) is 11.4 Å². The SMILES string of the molecule is CC(C)(C)n1cnnc1-c1ccc(F)c(Br)c1. The molecule has 0 atom stereocenters. The second kappa shape index (κ2) is 4.22. The molecule has 0 radical (unpaired) electrons. The van der Waals surface area contributed by atoms with Gasteiger partial charge in [-0.25, -0.2) is 4.39 Å². The average Bonchev–Trinajstić information content (AvgIpc) is 2.70. The average molecular weight is 298 g/mol. The number of aromatic nitrogens is 3. The third-order valence-corrected chi connectivity index (χ3v) is 3.06. The minimum absolute atomic E-state index is 0.111. The molecule has 0 saturated heterocycles. The van der Waals surface area contributed by atoms with Gasteiger partial charge in [0.05, 0.1) is 4.47 Å².